The Labute approximate surface area is 135 Å². The second-order valence-corrected chi connectivity index (χ2v) is 4.89. The van der Waals surface area contributed by atoms with Crippen LogP contribution in [0, 0.1) is 6.20 Å². The molecular formula is C16H12F3N4O. The van der Waals surface area contributed by atoms with Crippen LogP contribution in [0.3, 0.4) is 0 Å². The first-order valence-electron chi connectivity index (χ1n) is 6.95. The maximum atomic E-state index is 12.9. The fraction of sp³-hybridized carbons (Fsp3) is 0.188. The van der Waals surface area contributed by atoms with Gasteiger partial charge in [0.15, 0.2) is 11.6 Å². The van der Waals surface area contributed by atoms with Crippen molar-refractivity contribution in [2.45, 2.75) is 6.18 Å². The summed E-state index contributed by atoms with van der Waals surface area (Å²) >= 11 is 0. The molecule has 0 aliphatic carbocycles. The zero-order valence-electron chi connectivity index (χ0n) is 12.6. The molecule has 3 rings (SSSR count). The first-order chi connectivity index (χ1) is 11.5. The first-order valence-corrected chi connectivity index (χ1v) is 6.95. The molecule has 0 bridgehead atoms. The second kappa shape index (κ2) is 6.31. The van der Waals surface area contributed by atoms with Gasteiger partial charge < -0.3 is 10.1 Å². The van der Waals surface area contributed by atoms with Crippen LogP contribution >= 0.6 is 0 Å². The quantitative estimate of drug-likeness (QED) is 0.936. The van der Waals surface area contributed by atoms with Crippen molar-refractivity contribution in [3.8, 4) is 17.3 Å². The Bertz CT molecular complexity index is 801. The smallest absolute Gasteiger partial charge is 0.414 e. The van der Waals surface area contributed by atoms with E-state index in [0.717, 1.165) is 6.08 Å². The molecule has 24 heavy (non-hydrogen) atoms. The lowest BCUT2D eigenvalue weighted by molar-refractivity contribution is -0.0928. The molecule has 0 saturated heterocycles. The number of methoxy groups -OCH3 is 1. The third-order valence-corrected chi connectivity index (χ3v) is 3.31. The highest BCUT2D eigenvalue weighted by molar-refractivity contribution is 5.76. The van der Waals surface area contributed by atoms with E-state index in [4.69, 9.17) is 4.74 Å². The van der Waals surface area contributed by atoms with Crippen molar-refractivity contribution >= 4 is 5.57 Å². The van der Waals surface area contributed by atoms with E-state index in [0.29, 0.717) is 5.69 Å². The Hall–Kier alpha value is -2.90. The number of nitrogens with zero attached hydrogens (tertiary/aromatic N) is 3. The summed E-state index contributed by atoms with van der Waals surface area (Å²) in [4.78, 5) is 12.6. The van der Waals surface area contributed by atoms with E-state index in [2.05, 4.69) is 26.5 Å². The van der Waals surface area contributed by atoms with Crippen LogP contribution in [-0.4, -0.2) is 34.8 Å². The minimum Gasteiger partial charge on any atom is -0.493 e. The number of hydrogen-bond donors (Lipinski definition) is 1. The molecule has 1 radical (unpaired) electrons. The zero-order valence-corrected chi connectivity index (χ0v) is 12.6. The summed E-state index contributed by atoms with van der Waals surface area (Å²) in [5, 5.41) is 2.49. The minimum absolute atomic E-state index is 0.144. The molecular weight excluding hydrogens is 321 g/mol. The summed E-state index contributed by atoms with van der Waals surface area (Å²) in [7, 11) is 1.40. The highest BCUT2D eigenvalue weighted by atomic mass is 19.4. The van der Waals surface area contributed by atoms with Crippen molar-refractivity contribution in [1.82, 2.24) is 20.3 Å². The van der Waals surface area contributed by atoms with Crippen LogP contribution in [0.2, 0.25) is 0 Å². The maximum Gasteiger partial charge on any atom is 0.414 e. The fourth-order valence-electron chi connectivity index (χ4n) is 2.14. The number of hydrogen-bond acceptors (Lipinski definition) is 5. The molecule has 0 amide bonds. The van der Waals surface area contributed by atoms with Crippen molar-refractivity contribution in [2.24, 2.45) is 0 Å². The van der Waals surface area contributed by atoms with Gasteiger partial charge in [0, 0.05) is 18.3 Å². The number of ether oxygens (including phenoxy) is 1. The third-order valence-electron chi connectivity index (χ3n) is 3.31. The summed E-state index contributed by atoms with van der Waals surface area (Å²) in [6.45, 7) is -0.340. The molecule has 5 nitrogen and oxygen atoms in total. The van der Waals surface area contributed by atoms with Crippen molar-refractivity contribution in [2.75, 3.05) is 13.7 Å². The monoisotopic (exact) mass is 333 g/mol. The summed E-state index contributed by atoms with van der Waals surface area (Å²) in [5.41, 5.74) is 0.147. The van der Waals surface area contributed by atoms with Crippen LogP contribution < -0.4 is 10.1 Å². The Kier molecular flexibility index (Phi) is 4.20. The van der Waals surface area contributed by atoms with Crippen LogP contribution in [-0.2, 0) is 0 Å². The Morgan fingerprint density at radius 3 is 2.75 bits per heavy atom. The molecule has 3 heterocycles. The number of nitrogens with one attached hydrogen (secondary N) is 1. The molecule has 0 spiro atoms. The van der Waals surface area contributed by atoms with Crippen LogP contribution in [0.15, 0.2) is 42.2 Å². The van der Waals surface area contributed by atoms with Crippen LogP contribution in [0.5, 0.6) is 5.75 Å². The fourth-order valence-corrected chi connectivity index (χ4v) is 2.14. The van der Waals surface area contributed by atoms with Gasteiger partial charge in [-0.1, -0.05) is 6.07 Å². The van der Waals surface area contributed by atoms with E-state index in [1.807, 2.05) is 0 Å². The molecule has 0 fully saturated rings. The summed E-state index contributed by atoms with van der Waals surface area (Å²) in [5.74, 6) is 0.534. The minimum atomic E-state index is -4.43. The normalized spacial score (nSPS) is 14.5. The van der Waals surface area contributed by atoms with Gasteiger partial charge in [0.2, 0.25) is 0 Å². The maximum absolute atomic E-state index is 12.9. The number of aromatic nitrogens is 3. The Morgan fingerprint density at radius 2 is 2.08 bits per heavy atom. The van der Waals surface area contributed by atoms with Crippen molar-refractivity contribution in [3.63, 3.8) is 0 Å². The summed E-state index contributed by atoms with van der Waals surface area (Å²) in [6.07, 6.45) is 2.25. The van der Waals surface area contributed by atoms with Crippen LogP contribution in [0.25, 0.3) is 17.1 Å². The number of rotatable bonds is 3. The zero-order chi connectivity index (χ0) is 17.2. The Morgan fingerprint density at radius 1 is 1.25 bits per heavy atom. The highest BCUT2D eigenvalue weighted by Gasteiger charge is 2.34. The van der Waals surface area contributed by atoms with Gasteiger partial charge in [-0.3, -0.25) is 4.98 Å². The second-order valence-electron chi connectivity index (χ2n) is 4.89. The lowest BCUT2D eigenvalue weighted by atomic mass is 10.1. The average Bonchev–Trinajstić information content (AvgIpc) is 2.61. The van der Waals surface area contributed by atoms with Crippen molar-refractivity contribution in [1.29, 1.82) is 0 Å². The number of dihydropyridines is 1. The molecule has 2 aromatic rings. The Balaban J connectivity index is 2.07. The standard InChI is InChI=1S/C16H12F3N4O/c1-24-13-9-22-15(12-4-2-3-5-21-12)23-14(13)10-6-11(8-20-7-10)16(17,18)19/h2-6,9,20H,8H2,1H3. The van der Waals surface area contributed by atoms with Gasteiger partial charge in [-0.15, -0.1) is 0 Å². The van der Waals surface area contributed by atoms with Gasteiger partial charge in [-0.05, 0) is 18.2 Å². The first kappa shape index (κ1) is 16.0. The van der Waals surface area contributed by atoms with Gasteiger partial charge >= 0.3 is 6.18 Å². The molecule has 8 heteroatoms. The molecule has 1 aliphatic rings. The summed E-state index contributed by atoms with van der Waals surface area (Å²) < 4.78 is 44.0. The van der Waals surface area contributed by atoms with Crippen LogP contribution in [0.4, 0.5) is 13.2 Å². The van der Waals surface area contributed by atoms with Gasteiger partial charge in [0.1, 0.15) is 11.4 Å². The van der Waals surface area contributed by atoms with Gasteiger partial charge in [0.05, 0.1) is 25.1 Å². The molecule has 0 unspecified atom stereocenters. The molecule has 123 valence electrons. The molecule has 1 aliphatic heterocycles. The van der Waals surface area contributed by atoms with E-state index < -0.39 is 11.7 Å². The van der Waals surface area contributed by atoms with E-state index >= 15 is 0 Å². The molecule has 2 aromatic heterocycles. The molecule has 0 atom stereocenters. The lowest BCUT2D eigenvalue weighted by Gasteiger charge is -2.18. The van der Waals surface area contributed by atoms with E-state index in [1.165, 1.54) is 13.3 Å². The number of pyridine rings is 1. The van der Waals surface area contributed by atoms with E-state index in [-0.39, 0.29) is 29.4 Å². The van der Waals surface area contributed by atoms with Crippen LogP contribution in [0.1, 0.15) is 5.69 Å². The summed E-state index contributed by atoms with van der Waals surface area (Å²) in [6, 6.07) is 5.22. The molecule has 1 N–H and O–H groups in total. The van der Waals surface area contributed by atoms with Gasteiger partial charge in [0.25, 0.3) is 0 Å². The molecule has 0 saturated carbocycles. The highest BCUT2D eigenvalue weighted by Crippen LogP contribution is 2.32. The van der Waals surface area contributed by atoms with E-state index in [9.17, 15) is 13.2 Å². The average molecular weight is 333 g/mol. The van der Waals surface area contributed by atoms with Gasteiger partial charge in [-0.2, -0.15) is 13.2 Å². The van der Waals surface area contributed by atoms with E-state index in [1.54, 1.807) is 24.4 Å². The SMILES string of the molecule is COc1cnc(-c2ccccn2)nc1C1=[C]NCC(C(F)(F)F)=C1. The number of halogens is 3. The largest absolute Gasteiger partial charge is 0.493 e. The molecule has 0 aromatic carbocycles. The van der Waals surface area contributed by atoms with Crippen molar-refractivity contribution in [3.05, 3.63) is 54.1 Å². The predicted octanol–water partition coefficient (Wildman–Crippen LogP) is 2.78. The lowest BCUT2D eigenvalue weighted by Crippen LogP contribution is -2.25. The number of allylic oxidation sites excluding steroid dienone is 2. The number of alkyl halides is 3. The predicted molar refractivity (Wildman–Crippen MR) is 80.6 cm³/mol. The van der Waals surface area contributed by atoms with Crippen molar-refractivity contribution < 1.29 is 17.9 Å². The third kappa shape index (κ3) is 3.22. The van der Waals surface area contributed by atoms with Gasteiger partial charge in [-0.25, -0.2) is 9.97 Å². The topological polar surface area (TPSA) is 59.9 Å².